The zero-order valence-electron chi connectivity index (χ0n) is 12.5. The van der Waals surface area contributed by atoms with Crippen molar-refractivity contribution in [3.63, 3.8) is 0 Å². The fraction of sp³-hybridized carbons (Fsp3) is 0. The minimum absolute atomic E-state index is 0.186. The number of benzene rings is 4. The Morgan fingerprint density at radius 1 is 0.522 bits per heavy atom. The standard InChI is InChI=1S/C22H15F/c23-21-15-20(16-9-3-1-4-10-16)18-13-7-8-14-19(18)22(21)17-11-5-2-6-12-17/h1-15H. The van der Waals surface area contributed by atoms with Crippen molar-refractivity contribution in [1.29, 1.82) is 0 Å². The lowest BCUT2D eigenvalue weighted by Crippen LogP contribution is -1.91. The first-order valence-electron chi connectivity index (χ1n) is 7.67. The summed E-state index contributed by atoms with van der Waals surface area (Å²) in [6, 6.07) is 29.4. The molecule has 0 aliphatic heterocycles. The molecule has 0 bridgehead atoms. The maximum atomic E-state index is 15.0. The number of hydrogen-bond acceptors (Lipinski definition) is 0. The van der Waals surface area contributed by atoms with Crippen LogP contribution in [0.3, 0.4) is 0 Å². The number of hydrogen-bond donors (Lipinski definition) is 0. The van der Waals surface area contributed by atoms with Crippen LogP contribution < -0.4 is 0 Å². The molecule has 0 amide bonds. The van der Waals surface area contributed by atoms with E-state index in [1.54, 1.807) is 6.07 Å². The smallest absolute Gasteiger partial charge is 0.132 e. The van der Waals surface area contributed by atoms with Gasteiger partial charge in [0, 0.05) is 5.56 Å². The van der Waals surface area contributed by atoms with Gasteiger partial charge in [0.05, 0.1) is 0 Å². The molecule has 4 rings (SSSR count). The Balaban J connectivity index is 2.07. The average Bonchev–Trinajstić information content (AvgIpc) is 2.62. The summed E-state index contributed by atoms with van der Waals surface area (Å²) < 4.78 is 15.0. The minimum Gasteiger partial charge on any atom is -0.206 e. The van der Waals surface area contributed by atoms with E-state index < -0.39 is 0 Å². The first-order chi connectivity index (χ1) is 11.3. The molecule has 0 saturated carbocycles. The van der Waals surface area contributed by atoms with Gasteiger partial charge in [-0.1, -0.05) is 84.9 Å². The van der Waals surface area contributed by atoms with Gasteiger partial charge in [0.2, 0.25) is 0 Å². The topological polar surface area (TPSA) is 0 Å². The summed E-state index contributed by atoms with van der Waals surface area (Å²) in [5.41, 5.74) is 3.53. The summed E-state index contributed by atoms with van der Waals surface area (Å²) in [6.07, 6.45) is 0. The van der Waals surface area contributed by atoms with Crippen molar-refractivity contribution in [2.45, 2.75) is 0 Å². The van der Waals surface area contributed by atoms with Crippen molar-refractivity contribution in [3.05, 3.63) is 96.8 Å². The Morgan fingerprint density at radius 3 is 1.70 bits per heavy atom. The Bertz CT molecular complexity index is 957. The van der Waals surface area contributed by atoms with E-state index in [0.29, 0.717) is 5.56 Å². The van der Waals surface area contributed by atoms with Crippen LogP contribution in [0.4, 0.5) is 4.39 Å². The predicted octanol–water partition coefficient (Wildman–Crippen LogP) is 6.31. The van der Waals surface area contributed by atoms with Crippen LogP contribution in [0.2, 0.25) is 0 Å². The molecule has 0 fully saturated rings. The lowest BCUT2D eigenvalue weighted by Gasteiger charge is -2.13. The highest BCUT2D eigenvalue weighted by Crippen LogP contribution is 2.37. The molecule has 0 nitrogen and oxygen atoms in total. The molecule has 4 aromatic carbocycles. The molecule has 0 unspecified atom stereocenters. The van der Waals surface area contributed by atoms with Gasteiger partial charge in [-0.2, -0.15) is 0 Å². The third kappa shape index (κ3) is 2.40. The summed E-state index contributed by atoms with van der Waals surface area (Å²) in [6.45, 7) is 0. The molecule has 0 saturated heterocycles. The highest BCUT2D eigenvalue weighted by atomic mass is 19.1. The highest BCUT2D eigenvalue weighted by molar-refractivity contribution is 6.05. The Morgan fingerprint density at radius 2 is 1.04 bits per heavy atom. The first kappa shape index (κ1) is 13.7. The SMILES string of the molecule is Fc1cc(-c2ccccc2)c2ccccc2c1-c1ccccc1. The largest absolute Gasteiger partial charge is 0.206 e. The molecular weight excluding hydrogens is 283 g/mol. The molecule has 1 heteroatoms. The van der Waals surface area contributed by atoms with Crippen LogP contribution in [0.5, 0.6) is 0 Å². The fourth-order valence-corrected chi connectivity index (χ4v) is 3.10. The van der Waals surface area contributed by atoms with Crippen molar-refractivity contribution in [2.75, 3.05) is 0 Å². The van der Waals surface area contributed by atoms with Gasteiger partial charge in [0.25, 0.3) is 0 Å². The molecule has 0 spiro atoms. The summed E-state index contributed by atoms with van der Waals surface area (Å²) in [5.74, 6) is -0.186. The number of fused-ring (bicyclic) bond motifs is 1. The van der Waals surface area contributed by atoms with Gasteiger partial charge in [0.1, 0.15) is 5.82 Å². The Hall–Kier alpha value is -2.93. The molecular formula is C22H15F. The van der Waals surface area contributed by atoms with Crippen molar-refractivity contribution < 1.29 is 4.39 Å². The monoisotopic (exact) mass is 298 g/mol. The minimum atomic E-state index is -0.186. The van der Waals surface area contributed by atoms with E-state index in [1.807, 2.05) is 78.9 Å². The van der Waals surface area contributed by atoms with Crippen LogP contribution in [-0.2, 0) is 0 Å². The lowest BCUT2D eigenvalue weighted by atomic mass is 9.91. The van der Waals surface area contributed by atoms with Crippen molar-refractivity contribution >= 4 is 10.8 Å². The molecule has 0 aliphatic carbocycles. The van der Waals surface area contributed by atoms with Gasteiger partial charge in [0.15, 0.2) is 0 Å². The van der Waals surface area contributed by atoms with Gasteiger partial charge in [-0.25, -0.2) is 4.39 Å². The van der Waals surface area contributed by atoms with E-state index in [9.17, 15) is 4.39 Å². The molecule has 0 atom stereocenters. The molecule has 0 aliphatic rings. The van der Waals surface area contributed by atoms with Crippen molar-refractivity contribution in [1.82, 2.24) is 0 Å². The molecule has 0 radical (unpaired) electrons. The zero-order chi connectivity index (χ0) is 15.6. The zero-order valence-corrected chi connectivity index (χ0v) is 12.5. The highest BCUT2D eigenvalue weighted by Gasteiger charge is 2.14. The second-order valence-electron chi connectivity index (χ2n) is 5.56. The van der Waals surface area contributed by atoms with Crippen LogP contribution in [-0.4, -0.2) is 0 Å². The van der Waals surface area contributed by atoms with Gasteiger partial charge in [-0.3, -0.25) is 0 Å². The van der Waals surface area contributed by atoms with E-state index in [-0.39, 0.29) is 5.82 Å². The first-order valence-corrected chi connectivity index (χ1v) is 7.67. The molecule has 4 aromatic rings. The summed E-state index contributed by atoms with van der Waals surface area (Å²) in [7, 11) is 0. The molecule has 0 N–H and O–H groups in total. The van der Waals surface area contributed by atoms with E-state index in [2.05, 4.69) is 6.07 Å². The molecule has 0 aromatic heterocycles. The predicted molar refractivity (Wildman–Crippen MR) is 94.8 cm³/mol. The van der Waals surface area contributed by atoms with Crippen molar-refractivity contribution in [3.8, 4) is 22.3 Å². The third-order valence-electron chi connectivity index (χ3n) is 4.14. The third-order valence-corrected chi connectivity index (χ3v) is 4.14. The Kier molecular flexibility index (Phi) is 3.39. The summed E-state index contributed by atoms with van der Waals surface area (Å²) >= 11 is 0. The fourth-order valence-electron chi connectivity index (χ4n) is 3.10. The van der Waals surface area contributed by atoms with Gasteiger partial charge < -0.3 is 0 Å². The molecule has 110 valence electrons. The van der Waals surface area contributed by atoms with Crippen LogP contribution in [0.25, 0.3) is 33.0 Å². The van der Waals surface area contributed by atoms with Crippen LogP contribution in [0.15, 0.2) is 91.0 Å². The Labute approximate surface area is 134 Å². The van der Waals surface area contributed by atoms with Crippen molar-refractivity contribution in [2.24, 2.45) is 0 Å². The van der Waals surface area contributed by atoms with Gasteiger partial charge in [-0.05, 0) is 33.5 Å². The normalized spacial score (nSPS) is 10.8. The van der Waals surface area contributed by atoms with Gasteiger partial charge in [-0.15, -0.1) is 0 Å². The summed E-state index contributed by atoms with van der Waals surface area (Å²) in [5, 5.41) is 2.01. The number of rotatable bonds is 2. The second kappa shape index (κ2) is 5.69. The molecule has 23 heavy (non-hydrogen) atoms. The van der Waals surface area contributed by atoms with Gasteiger partial charge >= 0.3 is 0 Å². The number of halogens is 1. The maximum absolute atomic E-state index is 15.0. The maximum Gasteiger partial charge on any atom is 0.132 e. The van der Waals surface area contributed by atoms with E-state index in [4.69, 9.17) is 0 Å². The van der Waals surface area contributed by atoms with Crippen LogP contribution >= 0.6 is 0 Å². The second-order valence-corrected chi connectivity index (χ2v) is 5.56. The van der Waals surface area contributed by atoms with Crippen LogP contribution in [0, 0.1) is 5.82 Å². The molecule has 0 heterocycles. The van der Waals surface area contributed by atoms with Crippen LogP contribution in [0.1, 0.15) is 0 Å². The van der Waals surface area contributed by atoms with E-state index >= 15 is 0 Å². The van der Waals surface area contributed by atoms with E-state index in [1.165, 1.54) is 0 Å². The lowest BCUT2D eigenvalue weighted by molar-refractivity contribution is 0.633. The average molecular weight is 298 g/mol. The quantitative estimate of drug-likeness (QED) is 0.406. The summed E-state index contributed by atoms with van der Waals surface area (Å²) in [4.78, 5) is 0. The van der Waals surface area contributed by atoms with E-state index in [0.717, 1.165) is 27.5 Å².